The summed E-state index contributed by atoms with van der Waals surface area (Å²) in [6.07, 6.45) is 0. The highest BCUT2D eigenvalue weighted by atomic mass is 32.2. The van der Waals surface area contributed by atoms with Crippen molar-refractivity contribution in [1.29, 1.82) is 0 Å². The maximum Gasteiger partial charge on any atom is 0.264 e. The summed E-state index contributed by atoms with van der Waals surface area (Å²) in [7, 11) is -2.20. The molecular weight excluding hydrogens is 346 g/mol. The maximum absolute atomic E-state index is 13.4. The third-order valence-electron chi connectivity index (χ3n) is 4.09. The predicted molar refractivity (Wildman–Crippen MR) is 104 cm³/mol. The van der Waals surface area contributed by atoms with Crippen LogP contribution in [0.1, 0.15) is 11.1 Å². The molecule has 0 unspecified atom stereocenters. The molecule has 0 aliphatic carbocycles. The van der Waals surface area contributed by atoms with E-state index in [9.17, 15) is 8.42 Å². The normalized spacial score (nSPS) is 11.2. The zero-order chi connectivity index (χ0) is 18.6. The number of nitrogens with zero attached hydrogens (tertiary/aromatic N) is 1. The lowest BCUT2D eigenvalue weighted by Crippen LogP contribution is -2.31. The fourth-order valence-corrected chi connectivity index (χ4v) is 4.32. The van der Waals surface area contributed by atoms with E-state index in [1.54, 1.807) is 49.6 Å². The molecule has 0 amide bonds. The van der Waals surface area contributed by atoms with Crippen molar-refractivity contribution in [3.63, 3.8) is 0 Å². The first-order chi connectivity index (χ1) is 12.5. The van der Waals surface area contributed by atoms with Gasteiger partial charge in [0.25, 0.3) is 10.0 Å². The van der Waals surface area contributed by atoms with Gasteiger partial charge in [-0.15, -0.1) is 0 Å². The van der Waals surface area contributed by atoms with E-state index in [0.717, 1.165) is 11.1 Å². The Hall–Kier alpha value is -2.79. The quantitative estimate of drug-likeness (QED) is 0.649. The molecule has 0 aliphatic heterocycles. The zero-order valence-electron chi connectivity index (χ0n) is 14.8. The maximum atomic E-state index is 13.4. The number of hydrogen-bond donors (Lipinski definition) is 0. The summed E-state index contributed by atoms with van der Waals surface area (Å²) < 4.78 is 33.5. The van der Waals surface area contributed by atoms with Gasteiger partial charge in [0.15, 0.2) is 0 Å². The van der Waals surface area contributed by atoms with Gasteiger partial charge in [-0.05, 0) is 36.8 Å². The molecule has 0 aliphatic rings. The van der Waals surface area contributed by atoms with E-state index in [4.69, 9.17) is 4.74 Å². The van der Waals surface area contributed by atoms with Crippen LogP contribution in [0.5, 0.6) is 5.75 Å². The SMILES string of the molecule is COc1ccccc1N(Cc1cccc(C)c1)S(=O)(=O)c1ccccc1. The summed E-state index contributed by atoms with van der Waals surface area (Å²) in [5.41, 5.74) is 2.51. The molecule has 26 heavy (non-hydrogen) atoms. The van der Waals surface area contributed by atoms with Gasteiger partial charge in [-0.1, -0.05) is 60.2 Å². The predicted octanol–water partition coefficient (Wildman–Crippen LogP) is 4.40. The second-order valence-electron chi connectivity index (χ2n) is 5.99. The van der Waals surface area contributed by atoms with E-state index in [2.05, 4.69) is 0 Å². The fourth-order valence-electron chi connectivity index (χ4n) is 2.83. The van der Waals surface area contributed by atoms with Crippen LogP contribution in [-0.4, -0.2) is 15.5 Å². The minimum Gasteiger partial charge on any atom is -0.495 e. The molecule has 0 saturated carbocycles. The highest BCUT2D eigenvalue weighted by Crippen LogP contribution is 2.33. The number of ether oxygens (including phenoxy) is 1. The van der Waals surface area contributed by atoms with Crippen LogP contribution in [0.2, 0.25) is 0 Å². The molecule has 0 saturated heterocycles. The number of benzene rings is 3. The Morgan fingerprint density at radius 2 is 1.58 bits per heavy atom. The zero-order valence-corrected chi connectivity index (χ0v) is 15.6. The van der Waals surface area contributed by atoms with Crippen LogP contribution in [0.4, 0.5) is 5.69 Å². The van der Waals surface area contributed by atoms with Crippen LogP contribution in [0, 0.1) is 6.92 Å². The second kappa shape index (κ2) is 7.62. The van der Waals surface area contributed by atoms with Gasteiger partial charge in [-0.25, -0.2) is 8.42 Å². The molecule has 3 rings (SSSR count). The van der Waals surface area contributed by atoms with E-state index in [1.807, 2.05) is 43.3 Å². The molecule has 0 fully saturated rings. The van der Waals surface area contributed by atoms with Crippen molar-refractivity contribution in [2.24, 2.45) is 0 Å². The van der Waals surface area contributed by atoms with Gasteiger partial charge in [0.2, 0.25) is 0 Å². The smallest absolute Gasteiger partial charge is 0.264 e. The van der Waals surface area contributed by atoms with Gasteiger partial charge in [-0.2, -0.15) is 0 Å². The minimum absolute atomic E-state index is 0.222. The van der Waals surface area contributed by atoms with Crippen LogP contribution in [0.3, 0.4) is 0 Å². The second-order valence-corrected chi connectivity index (χ2v) is 7.85. The highest BCUT2D eigenvalue weighted by molar-refractivity contribution is 7.92. The molecule has 4 nitrogen and oxygen atoms in total. The topological polar surface area (TPSA) is 46.6 Å². The number of rotatable bonds is 6. The molecule has 0 N–H and O–H groups in total. The molecular formula is C21H21NO3S. The Bertz CT molecular complexity index is 985. The van der Waals surface area contributed by atoms with Gasteiger partial charge in [0, 0.05) is 0 Å². The minimum atomic E-state index is -3.74. The molecule has 5 heteroatoms. The van der Waals surface area contributed by atoms with Crippen molar-refractivity contribution < 1.29 is 13.2 Å². The van der Waals surface area contributed by atoms with Gasteiger partial charge >= 0.3 is 0 Å². The first-order valence-corrected chi connectivity index (χ1v) is 9.73. The third-order valence-corrected chi connectivity index (χ3v) is 5.87. The van der Waals surface area contributed by atoms with Crippen LogP contribution in [0.15, 0.2) is 83.8 Å². The number of hydrogen-bond acceptors (Lipinski definition) is 3. The van der Waals surface area contributed by atoms with E-state index in [1.165, 1.54) is 4.31 Å². The highest BCUT2D eigenvalue weighted by Gasteiger charge is 2.27. The monoisotopic (exact) mass is 367 g/mol. The molecule has 0 spiro atoms. The van der Waals surface area contributed by atoms with Crippen LogP contribution >= 0.6 is 0 Å². The standard InChI is InChI=1S/C21H21NO3S/c1-17-9-8-10-18(15-17)16-22(20-13-6-7-14-21(20)25-2)26(23,24)19-11-4-3-5-12-19/h3-15H,16H2,1-2H3. The number of anilines is 1. The molecule has 0 bridgehead atoms. The van der Waals surface area contributed by atoms with E-state index in [-0.39, 0.29) is 11.4 Å². The first kappa shape index (κ1) is 18.0. The lowest BCUT2D eigenvalue weighted by atomic mass is 10.1. The van der Waals surface area contributed by atoms with E-state index >= 15 is 0 Å². The average Bonchev–Trinajstić information content (AvgIpc) is 2.67. The van der Waals surface area contributed by atoms with Crippen LogP contribution in [-0.2, 0) is 16.6 Å². The first-order valence-electron chi connectivity index (χ1n) is 8.29. The third kappa shape index (κ3) is 3.73. The van der Waals surface area contributed by atoms with Crippen molar-refractivity contribution in [2.75, 3.05) is 11.4 Å². The Labute approximate surface area is 154 Å². The van der Waals surface area contributed by atoms with Crippen LogP contribution in [0.25, 0.3) is 0 Å². The van der Waals surface area contributed by atoms with E-state index in [0.29, 0.717) is 11.4 Å². The van der Waals surface area contributed by atoms with Crippen molar-refractivity contribution in [3.8, 4) is 5.75 Å². The van der Waals surface area contributed by atoms with E-state index < -0.39 is 10.0 Å². The van der Waals surface area contributed by atoms with Crippen molar-refractivity contribution in [1.82, 2.24) is 0 Å². The summed E-state index contributed by atoms with van der Waals surface area (Å²) in [6.45, 7) is 2.21. The average molecular weight is 367 g/mol. The molecule has 0 aromatic heterocycles. The molecule has 0 atom stereocenters. The lowest BCUT2D eigenvalue weighted by Gasteiger charge is -2.26. The van der Waals surface area contributed by atoms with Gasteiger partial charge < -0.3 is 4.74 Å². The number of para-hydroxylation sites is 2. The Kier molecular flexibility index (Phi) is 5.28. The van der Waals surface area contributed by atoms with Gasteiger partial charge in [-0.3, -0.25) is 4.31 Å². The molecule has 3 aromatic rings. The van der Waals surface area contributed by atoms with Gasteiger partial charge in [0.05, 0.1) is 24.2 Å². The summed E-state index contributed by atoms with van der Waals surface area (Å²) >= 11 is 0. The molecule has 3 aromatic carbocycles. The summed E-state index contributed by atoms with van der Waals surface area (Å²) in [5.74, 6) is 0.514. The molecule has 0 radical (unpaired) electrons. The van der Waals surface area contributed by atoms with Crippen molar-refractivity contribution in [2.45, 2.75) is 18.4 Å². The Morgan fingerprint density at radius 1 is 0.885 bits per heavy atom. The number of aryl methyl sites for hydroxylation is 1. The van der Waals surface area contributed by atoms with Gasteiger partial charge in [0.1, 0.15) is 5.75 Å². The summed E-state index contributed by atoms with van der Waals surface area (Å²) in [6, 6.07) is 23.4. The summed E-state index contributed by atoms with van der Waals surface area (Å²) in [5, 5.41) is 0. The van der Waals surface area contributed by atoms with Crippen molar-refractivity contribution in [3.05, 3.63) is 90.0 Å². The lowest BCUT2D eigenvalue weighted by molar-refractivity contribution is 0.415. The number of sulfonamides is 1. The largest absolute Gasteiger partial charge is 0.495 e. The van der Waals surface area contributed by atoms with Crippen LogP contribution < -0.4 is 9.04 Å². The molecule has 0 heterocycles. The fraction of sp³-hybridized carbons (Fsp3) is 0.143. The Balaban J connectivity index is 2.13. The van der Waals surface area contributed by atoms with Crippen molar-refractivity contribution >= 4 is 15.7 Å². The number of methoxy groups -OCH3 is 1. The molecule has 134 valence electrons. The Morgan fingerprint density at radius 3 is 2.27 bits per heavy atom. The summed E-state index contributed by atoms with van der Waals surface area (Å²) in [4.78, 5) is 0.249.